The van der Waals surface area contributed by atoms with E-state index in [0.29, 0.717) is 11.8 Å². The quantitative estimate of drug-likeness (QED) is 0.149. The van der Waals surface area contributed by atoms with Crippen LogP contribution < -0.4 is 31.3 Å². The first-order valence-corrected chi connectivity index (χ1v) is 26.9. The number of hydrogen-bond donors (Lipinski definition) is 0. The molecule has 73 heavy (non-hydrogen) atoms. The zero-order valence-corrected chi connectivity index (χ0v) is 45.1. The van der Waals surface area contributed by atoms with Gasteiger partial charge in [-0.15, -0.1) is 0 Å². The Balaban J connectivity index is 1.17. The molecule has 0 radical (unpaired) electrons. The Hall–Kier alpha value is -6.98. The Labute approximate surface area is 435 Å². The number of anilines is 8. The van der Waals surface area contributed by atoms with E-state index >= 15 is 0 Å². The first-order valence-electron chi connectivity index (χ1n) is 26.9. The van der Waals surface area contributed by atoms with Crippen LogP contribution in [0.25, 0.3) is 16.5 Å². The summed E-state index contributed by atoms with van der Waals surface area (Å²) in [4.78, 5) is 7.62. The minimum Gasteiger partial charge on any atom is -0.468 e. The second kappa shape index (κ2) is 17.1. The van der Waals surface area contributed by atoms with Crippen LogP contribution in [0.2, 0.25) is 0 Å². The summed E-state index contributed by atoms with van der Waals surface area (Å²) in [5.41, 5.74) is 25.3. The second-order valence-electron chi connectivity index (χ2n) is 24.5. The van der Waals surface area contributed by atoms with Crippen molar-refractivity contribution in [1.29, 1.82) is 0 Å². The van der Waals surface area contributed by atoms with Gasteiger partial charge in [0.2, 0.25) is 0 Å². The molecule has 1 unspecified atom stereocenters. The number of nitrogens with zero attached hydrogens (tertiary/aromatic N) is 3. The minimum absolute atomic E-state index is 0.00972. The third-order valence-corrected chi connectivity index (χ3v) is 17.0. The fourth-order valence-corrected chi connectivity index (χ4v) is 12.5. The van der Waals surface area contributed by atoms with Crippen molar-refractivity contribution in [3.63, 3.8) is 0 Å². The van der Waals surface area contributed by atoms with E-state index in [1.54, 1.807) is 0 Å². The SMILES string of the molecule is Cc1ccc(N(c2ccc(C)cc2)c2ccc3c(c2)N(c2ccc(C(C)(C)C)cc2)c2cc(C)cc4c2B3c2oc3cc5c(cc3c2N4C2=CCC(C(C)C)C=C2c2ccccc2)C(C)(C)CCC5(C)C)cc1. The fraction of sp³-hybridized carbons (Fsp3) is 0.294. The van der Waals surface area contributed by atoms with E-state index in [1.165, 1.54) is 83.6 Å². The average molecular weight is 956 g/mol. The van der Waals surface area contributed by atoms with Gasteiger partial charge in [-0.2, -0.15) is 0 Å². The monoisotopic (exact) mass is 956 g/mol. The molecule has 3 heterocycles. The van der Waals surface area contributed by atoms with Crippen molar-refractivity contribution in [3.8, 4) is 0 Å². The summed E-state index contributed by atoms with van der Waals surface area (Å²) in [6.07, 6.45) is 8.37. The van der Waals surface area contributed by atoms with Crippen LogP contribution in [0.1, 0.15) is 121 Å². The topological polar surface area (TPSA) is 22.9 Å². The van der Waals surface area contributed by atoms with E-state index in [1.807, 2.05) is 0 Å². The Kier molecular flexibility index (Phi) is 11.0. The lowest BCUT2D eigenvalue weighted by Crippen LogP contribution is -2.61. The van der Waals surface area contributed by atoms with E-state index in [9.17, 15) is 0 Å². The van der Waals surface area contributed by atoms with Crippen LogP contribution in [0.4, 0.5) is 45.5 Å². The molecule has 0 amide bonds. The van der Waals surface area contributed by atoms with Crippen LogP contribution in [-0.4, -0.2) is 6.71 Å². The Bertz CT molecular complexity index is 3480. The molecule has 0 saturated carbocycles. The molecule has 366 valence electrons. The highest BCUT2D eigenvalue weighted by Crippen LogP contribution is 2.53. The highest BCUT2D eigenvalue weighted by atomic mass is 16.3. The van der Waals surface area contributed by atoms with Crippen LogP contribution in [-0.2, 0) is 16.2 Å². The molecule has 2 aliphatic carbocycles. The van der Waals surface area contributed by atoms with Crippen molar-refractivity contribution in [2.75, 3.05) is 14.7 Å². The van der Waals surface area contributed by atoms with Gasteiger partial charge in [-0.05, 0) is 180 Å². The summed E-state index contributed by atoms with van der Waals surface area (Å²) in [5, 5.41) is 1.19. The standard InChI is InChI=1S/C68H70BN3O/c1-42(2)47-22-33-58(53(38-47)46-16-14-13-15-17-46)72-61-37-45(5)36-60-63(61)69(65-64(72)54-40-55-56(41-62(54)73-65)68(11,12)35-34-67(55,9)10)57-32-31-52(39-59(57)71(60)51-29-23-48(24-30-51)66(6,7)8)70(49-25-18-43(3)19-26-49)50-27-20-44(4)21-28-50/h13-21,23-33,36-42,47H,22,34-35H2,1-12H3. The predicted octanol–water partition coefficient (Wildman–Crippen LogP) is 16.9. The van der Waals surface area contributed by atoms with Crippen molar-refractivity contribution < 1.29 is 4.42 Å². The molecule has 4 aliphatic rings. The van der Waals surface area contributed by atoms with Gasteiger partial charge in [-0.1, -0.05) is 158 Å². The number of allylic oxidation sites excluding steroid dienone is 3. The lowest BCUT2D eigenvalue weighted by molar-refractivity contribution is 0.332. The third kappa shape index (κ3) is 7.80. The van der Waals surface area contributed by atoms with Crippen LogP contribution >= 0.6 is 0 Å². The van der Waals surface area contributed by atoms with Gasteiger partial charge >= 0.3 is 0 Å². The maximum Gasteiger partial charge on any atom is 0.297 e. The summed E-state index contributed by atoms with van der Waals surface area (Å²) in [5.74, 6) is 0.925. The molecular formula is C68H70BN3O. The summed E-state index contributed by atoms with van der Waals surface area (Å²) >= 11 is 0. The average Bonchev–Trinajstić information content (AvgIpc) is 3.74. The van der Waals surface area contributed by atoms with Crippen molar-refractivity contribution >= 4 is 85.3 Å². The molecule has 7 aromatic carbocycles. The number of furan rings is 1. The molecule has 2 aliphatic heterocycles. The first kappa shape index (κ1) is 47.1. The predicted molar refractivity (Wildman–Crippen MR) is 312 cm³/mol. The maximum atomic E-state index is 7.69. The van der Waals surface area contributed by atoms with E-state index in [4.69, 9.17) is 4.42 Å². The van der Waals surface area contributed by atoms with Gasteiger partial charge in [0.05, 0.1) is 11.3 Å². The van der Waals surface area contributed by atoms with Gasteiger partial charge in [0, 0.05) is 56.5 Å². The van der Waals surface area contributed by atoms with Crippen LogP contribution in [0, 0.1) is 32.6 Å². The van der Waals surface area contributed by atoms with Crippen molar-refractivity contribution in [3.05, 3.63) is 202 Å². The second-order valence-corrected chi connectivity index (χ2v) is 24.5. The van der Waals surface area contributed by atoms with Gasteiger partial charge in [-0.25, -0.2) is 0 Å². The molecule has 5 heteroatoms. The molecule has 0 fully saturated rings. The maximum absolute atomic E-state index is 7.69. The summed E-state index contributed by atoms with van der Waals surface area (Å²) in [7, 11) is 0. The minimum atomic E-state index is -0.180. The molecule has 1 aromatic heterocycles. The van der Waals surface area contributed by atoms with Gasteiger partial charge in [0.25, 0.3) is 6.71 Å². The summed E-state index contributed by atoms with van der Waals surface area (Å²) < 4.78 is 7.69. The van der Waals surface area contributed by atoms with E-state index in [0.717, 1.165) is 58.9 Å². The van der Waals surface area contributed by atoms with Crippen molar-refractivity contribution in [1.82, 2.24) is 0 Å². The molecule has 0 N–H and O–H groups in total. The highest BCUT2D eigenvalue weighted by molar-refractivity contribution is 7.00. The summed E-state index contributed by atoms with van der Waals surface area (Å²) in [6.45, 7) is 27.8. The van der Waals surface area contributed by atoms with Crippen molar-refractivity contribution in [2.24, 2.45) is 11.8 Å². The van der Waals surface area contributed by atoms with Gasteiger partial charge in [0.1, 0.15) is 5.58 Å². The smallest absolute Gasteiger partial charge is 0.297 e. The largest absolute Gasteiger partial charge is 0.468 e. The zero-order chi connectivity index (χ0) is 50.9. The Morgan fingerprint density at radius 2 is 1.22 bits per heavy atom. The number of hydrogen-bond acceptors (Lipinski definition) is 4. The molecule has 0 spiro atoms. The Morgan fingerprint density at radius 3 is 1.82 bits per heavy atom. The third-order valence-electron chi connectivity index (χ3n) is 17.0. The van der Waals surface area contributed by atoms with Crippen LogP contribution in [0.3, 0.4) is 0 Å². The lowest BCUT2D eigenvalue weighted by Gasteiger charge is -2.44. The van der Waals surface area contributed by atoms with Gasteiger partial charge in [-0.3, -0.25) is 0 Å². The molecular weight excluding hydrogens is 886 g/mol. The highest BCUT2D eigenvalue weighted by Gasteiger charge is 2.49. The number of rotatable bonds is 7. The molecule has 12 rings (SSSR count). The Morgan fingerprint density at radius 1 is 0.630 bits per heavy atom. The number of benzene rings is 7. The lowest BCUT2D eigenvalue weighted by atomic mass is 9.35. The van der Waals surface area contributed by atoms with E-state index in [-0.39, 0.29) is 23.0 Å². The molecule has 1 atom stereocenters. The van der Waals surface area contributed by atoms with E-state index < -0.39 is 0 Å². The molecule has 8 aromatic rings. The van der Waals surface area contributed by atoms with Crippen LogP contribution in [0.5, 0.6) is 0 Å². The normalized spacial score (nSPS) is 17.4. The number of fused-ring (bicyclic) bond motifs is 7. The molecule has 0 bridgehead atoms. The van der Waals surface area contributed by atoms with E-state index in [2.05, 4.69) is 256 Å². The fourth-order valence-electron chi connectivity index (χ4n) is 12.5. The zero-order valence-electron chi connectivity index (χ0n) is 45.1. The number of aryl methyl sites for hydroxylation is 3. The summed E-state index contributed by atoms with van der Waals surface area (Å²) in [6, 6.07) is 55.5. The molecule has 4 nitrogen and oxygen atoms in total. The van der Waals surface area contributed by atoms with Gasteiger partial charge in [0.15, 0.2) is 0 Å². The van der Waals surface area contributed by atoms with Crippen molar-refractivity contribution in [2.45, 2.75) is 119 Å². The first-order chi connectivity index (χ1) is 34.9. The van der Waals surface area contributed by atoms with Crippen LogP contribution in [0.15, 0.2) is 168 Å². The van der Waals surface area contributed by atoms with Gasteiger partial charge < -0.3 is 19.1 Å². The molecule has 0 saturated heterocycles.